The Labute approximate surface area is 182 Å². The summed E-state index contributed by atoms with van der Waals surface area (Å²) >= 11 is 0. The molecule has 1 atom stereocenters. The third-order valence-corrected chi connectivity index (χ3v) is 6.40. The summed E-state index contributed by atoms with van der Waals surface area (Å²) in [7, 11) is 0. The van der Waals surface area contributed by atoms with Crippen LogP contribution in [-0.4, -0.2) is 28.9 Å². The molecule has 31 heavy (non-hydrogen) atoms. The highest BCUT2D eigenvalue weighted by molar-refractivity contribution is 5.94. The van der Waals surface area contributed by atoms with Gasteiger partial charge in [-0.3, -0.25) is 9.59 Å². The quantitative estimate of drug-likeness (QED) is 0.661. The van der Waals surface area contributed by atoms with E-state index in [2.05, 4.69) is 36.2 Å². The second kappa shape index (κ2) is 9.31. The fourth-order valence-electron chi connectivity index (χ4n) is 4.40. The van der Waals surface area contributed by atoms with Gasteiger partial charge in [0, 0.05) is 31.7 Å². The highest BCUT2D eigenvalue weighted by Crippen LogP contribution is 2.29. The Bertz CT molecular complexity index is 1100. The number of likely N-dealkylation sites (tertiary alicyclic amines) is 1. The number of carbonyl (C=O) groups excluding carboxylic acids is 1. The number of piperidine rings is 1. The van der Waals surface area contributed by atoms with E-state index in [1.54, 1.807) is 12.3 Å². The molecule has 4 rings (SSSR count). The SMILES string of the molecule is CC(c1ccccc1)c1c[nH]c(=O)c(C(=O)N2CCC(c3cccc(CN)c3)CC2)c1. The Morgan fingerprint density at radius 1 is 1.06 bits per heavy atom. The van der Waals surface area contributed by atoms with Crippen molar-refractivity contribution in [3.05, 3.63) is 105 Å². The second-order valence-corrected chi connectivity index (χ2v) is 8.32. The van der Waals surface area contributed by atoms with Gasteiger partial charge in [-0.2, -0.15) is 0 Å². The molecule has 1 saturated heterocycles. The minimum absolute atomic E-state index is 0.0881. The first-order valence-electron chi connectivity index (χ1n) is 10.9. The van der Waals surface area contributed by atoms with Crippen molar-refractivity contribution in [2.24, 2.45) is 5.73 Å². The lowest BCUT2D eigenvalue weighted by Gasteiger charge is -2.32. The van der Waals surface area contributed by atoms with Crippen molar-refractivity contribution in [2.45, 2.75) is 38.1 Å². The summed E-state index contributed by atoms with van der Waals surface area (Å²) in [6.45, 7) is 3.91. The van der Waals surface area contributed by atoms with Gasteiger partial charge in [-0.1, -0.05) is 61.5 Å². The molecule has 2 aromatic carbocycles. The van der Waals surface area contributed by atoms with Crippen LogP contribution in [-0.2, 0) is 6.54 Å². The Kier molecular flexibility index (Phi) is 6.33. The first-order chi connectivity index (χ1) is 15.1. The molecule has 1 aromatic heterocycles. The summed E-state index contributed by atoms with van der Waals surface area (Å²) in [5.74, 6) is 0.320. The number of benzene rings is 2. The molecule has 0 saturated carbocycles. The number of nitrogens with zero attached hydrogens (tertiary/aromatic N) is 1. The number of aromatic amines is 1. The van der Waals surface area contributed by atoms with Crippen LogP contribution < -0.4 is 11.3 Å². The van der Waals surface area contributed by atoms with Gasteiger partial charge in [-0.15, -0.1) is 0 Å². The smallest absolute Gasteiger partial charge is 0.260 e. The number of hydrogen-bond acceptors (Lipinski definition) is 3. The summed E-state index contributed by atoms with van der Waals surface area (Å²) in [6, 6.07) is 20.2. The van der Waals surface area contributed by atoms with Crippen molar-refractivity contribution in [1.82, 2.24) is 9.88 Å². The molecule has 1 unspecified atom stereocenters. The molecule has 1 aliphatic rings. The monoisotopic (exact) mass is 415 g/mol. The van der Waals surface area contributed by atoms with Crippen molar-refractivity contribution in [3.8, 4) is 0 Å². The van der Waals surface area contributed by atoms with Crippen molar-refractivity contribution >= 4 is 5.91 Å². The van der Waals surface area contributed by atoms with Gasteiger partial charge >= 0.3 is 0 Å². The predicted molar refractivity (Wildman–Crippen MR) is 123 cm³/mol. The van der Waals surface area contributed by atoms with Crippen molar-refractivity contribution in [1.29, 1.82) is 0 Å². The molecule has 5 heteroatoms. The molecule has 0 radical (unpaired) electrons. The number of rotatable bonds is 5. The number of amides is 1. The standard InChI is InChI=1S/C26H29N3O2/c1-18(20-7-3-2-4-8-20)23-15-24(25(30)28-17-23)26(31)29-12-10-21(11-13-29)22-9-5-6-19(14-22)16-27/h2-9,14-15,17-18,21H,10-13,16,27H2,1H3,(H,28,30). The second-order valence-electron chi connectivity index (χ2n) is 8.32. The van der Waals surface area contributed by atoms with Crippen LogP contribution in [0.5, 0.6) is 0 Å². The van der Waals surface area contributed by atoms with Gasteiger partial charge in [-0.05, 0) is 47.1 Å². The van der Waals surface area contributed by atoms with Gasteiger partial charge in [0.25, 0.3) is 11.5 Å². The number of nitrogens with two attached hydrogens (primary N) is 1. The van der Waals surface area contributed by atoms with Gasteiger partial charge in [-0.25, -0.2) is 0 Å². The van der Waals surface area contributed by atoms with E-state index >= 15 is 0 Å². The van der Waals surface area contributed by atoms with Crippen molar-refractivity contribution < 1.29 is 4.79 Å². The largest absolute Gasteiger partial charge is 0.338 e. The van der Waals surface area contributed by atoms with Gasteiger partial charge in [0.05, 0.1) is 0 Å². The lowest BCUT2D eigenvalue weighted by molar-refractivity contribution is 0.0711. The fraction of sp³-hybridized carbons (Fsp3) is 0.308. The molecular formula is C26H29N3O2. The zero-order chi connectivity index (χ0) is 21.8. The number of pyridine rings is 1. The first kappa shape index (κ1) is 21.1. The van der Waals surface area contributed by atoms with E-state index in [9.17, 15) is 9.59 Å². The normalized spacial score (nSPS) is 15.6. The van der Waals surface area contributed by atoms with Crippen LogP contribution in [0.4, 0.5) is 0 Å². The van der Waals surface area contributed by atoms with Crippen LogP contribution in [0.15, 0.2) is 71.7 Å². The van der Waals surface area contributed by atoms with E-state index in [-0.39, 0.29) is 22.9 Å². The minimum Gasteiger partial charge on any atom is -0.338 e. The number of hydrogen-bond donors (Lipinski definition) is 2. The minimum atomic E-state index is -0.327. The molecular weight excluding hydrogens is 386 g/mol. The van der Waals surface area contributed by atoms with Crippen LogP contribution >= 0.6 is 0 Å². The third kappa shape index (κ3) is 4.62. The Morgan fingerprint density at radius 2 is 1.81 bits per heavy atom. The first-order valence-corrected chi connectivity index (χ1v) is 10.9. The van der Waals surface area contributed by atoms with E-state index in [4.69, 9.17) is 5.73 Å². The van der Waals surface area contributed by atoms with Gasteiger partial charge < -0.3 is 15.6 Å². The van der Waals surface area contributed by atoms with Crippen LogP contribution in [0.1, 0.15) is 64.2 Å². The molecule has 1 amide bonds. The topological polar surface area (TPSA) is 79.2 Å². The lowest BCUT2D eigenvalue weighted by Crippen LogP contribution is -2.40. The van der Waals surface area contributed by atoms with Crippen LogP contribution in [0.2, 0.25) is 0 Å². The van der Waals surface area contributed by atoms with E-state index in [1.165, 1.54) is 5.56 Å². The molecule has 3 N–H and O–H groups in total. The van der Waals surface area contributed by atoms with Gasteiger partial charge in [0.2, 0.25) is 0 Å². The molecule has 0 spiro atoms. The maximum Gasteiger partial charge on any atom is 0.260 e. The molecule has 5 nitrogen and oxygen atoms in total. The van der Waals surface area contributed by atoms with Gasteiger partial charge in [0.15, 0.2) is 0 Å². The highest BCUT2D eigenvalue weighted by Gasteiger charge is 2.26. The molecule has 0 bridgehead atoms. The predicted octanol–water partition coefficient (Wildman–Crippen LogP) is 4.01. The molecule has 1 aliphatic heterocycles. The number of nitrogens with one attached hydrogen (secondary N) is 1. The Morgan fingerprint density at radius 3 is 2.52 bits per heavy atom. The summed E-state index contributed by atoms with van der Waals surface area (Å²) in [4.78, 5) is 30.2. The molecule has 2 heterocycles. The number of aromatic nitrogens is 1. The third-order valence-electron chi connectivity index (χ3n) is 6.40. The molecule has 3 aromatic rings. The van der Waals surface area contributed by atoms with E-state index in [1.807, 2.05) is 35.2 Å². The highest BCUT2D eigenvalue weighted by atomic mass is 16.2. The maximum atomic E-state index is 13.2. The van der Waals surface area contributed by atoms with E-state index in [0.29, 0.717) is 25.6 Å². The molecule has 1 fully saturated rings. The maximum absolute atomic E-state index is 13.2. The van der Waals surface area contributed by atoms with Crippen LogP contribution in [0.25, 0.3) is 0 Å². The van der Waals surface area contributed by atoms with Crippen molar-refractivity contribution in [2.75, 3.05) is 13.1 Å². The van der Waals surface area contributed by atoms with Crippen LogP contribution in [0, 0.1) is 0 Å². The molecule has 160 valence electrons. The zero-order valence-corrected chi connectivity index (χ0v) is 17.9. The Hall–Kier alpha value is -3.18. The zero-order valence-electron chi connectivity index (χ0n) is 17.9. The van der Waals surface area contributed by atoms with Crippen LogP contribution in [0.3, 0.4) is 0 Å². The summed E-state index contributed by atoms with van der Waals surface area (Å²) in [6.07, 6.45) is 3.49. The van der Waals surface area contributed by atoms with E-state index in [0.717, 1.165) is 29.5 Å². The average Bonchev–Trinajstić information content (AvgIpc) is 2.84. The summed E-state index contributed by atoms with van der Waals surface area (Å²) in [5, 5.41) is 0. The van der Waals surface area contributed by atoms with Gasteiger partial charge in [0.1, 0.15) is 5.56 Å². The number of H-pyrrole nitrogens is 1. The summed E-state index contributed by atoms with van der Waals surface area (Å²) in [5.41, 5.74) is 10.2. The lowest BCUT2D eigenvalue weighted by atomic mass is 9.88. The Balaban J connectivity index is 1.48. The number of carbonyl (C=O) groups is 1. The van der Waals surface area contributed by atoms with E-state index < -0.39 is 0 Å². The molecule has 0 aliphatic carbocycles. The fourth-order valence-corrected chi connectivity index (χ4v) is 4.40. The summed E-state index contributed by atoms with van der Waals surface area (Å²) < 4.78 is 0. The average molecular weight is 416 g/mol. The van der Waals surface area contributed by atoms with Crippen molar-refractivity contribution in [3.63, 3.8) is 0 Å².